The van der Waals surface area contributed by atoms with E-state index in [2.05, 4.69) is 26.4 Å². The molecule has 1 fully saturated rings. The number of phosphoric acid groups is 1. The summed E-state index contributed by atoms with van der Waals surface area (Å²) in [7, 11) is 2.11. The summed E-state index contributed by atoms with van der Waals surface area (Å²) >= 11 is 15.9. The first kappa shape index (κ1) is 58.4. The summed E-state index contributed by atoms with van der Waals surface area (Å²) in [6, 6.07) is 30.2. The fourth-order valence-corrected chi connectivity index (χ4v) is 10.4. The molecule has 4 heterocycles. The number of aromatic nitrogens is 4. The van der Waals surface area contributed by atoms with Gasteiger partial charge in [0.15, 0.2) is 11.6 Å². The summed E-state index contributed by atoms with van der Waals surface area (Å²) in [5.74, 6) is 1.76. The lowest BCUT2D eigenvalue weighted by Gasteiger charge is -2.32. The second-order valence-electron chi connectivity index (χ2n) is 18.2. The molecule has 79 heavy (non-hydrogen) atoms. The normalized spacial score (nSPS) is 13.3. The summed E-state index contributed by atoms with van der Waals surface area (Å²) in [5.41, 5.74) is 6.21. The predicted molar refractivity (Wildman–Crippen MR) is 302 cm³/mol. The first-order chi connectivity index (χ1) is 38.0. The summed E-state index contributed by atoms with van der Waals surface area (Å²) in [6.07, 6.45) is 1.82. The number of halogens is 3. The van der Waals surface area contributed by atoms with Crippen molar-refractivity contribution in [1.82, 2.24) is 29.7 Å². The van der Waals surface area contributed by atoms with Crippen LogP contribution < -0.4 is 23.7 Å². The van der Waals surface area contributed by atoms with Crippen molar-refractivity contribution < 1.29 is 56.5 Å². The molecule has 9 rings (SSSR count). The van der Waals surface area contributed by atoms with Gasteiger partial charge < -0.3 is 43.1 Å². The Morgan fingerprint density at radius 2 is 1.47 bits per heavy atom. The molecule has 2 N–H and O–H groups in total. The maximum absolute atomic E-state index is 14.6. The fourth-order valence-electron chi connectivity index (χ4n) is 8.70. The number of phosphoric ester groups is 1. The van der Waals surface area contributed by atoms with Crippen molar-refractivity contribution in [3.05, 3.63) is 159 Å². The number of hydrogen-bond acceptors (Lipinski definition) is 16. The Kier molecular flexibility index (Phi) is 19.9. The Labute approximate surface area is 471 Å². The number of hydrogen-bond donors (Lipinski definition) is 2. The van der Waals surface area contributed by atoms with Gasteiger partial charge in [-0.3, -0.25) is 9.42 Å². The van der Waals surface area contributed by atoms with E-state index in [1.54, 1.807) is 50.7 Å². The lowest BCUT2D eigenvalue weighted by Crippen LogP contribution is -2.45. The van der Waals surface area contributed by atoms with Gasteiger partial charge in [0.1, 0.15) is 54.0 Å². The minimum Gasteiger partial charge on any atom is -0.497 e. The molecular weight excluding hydrogens is 1100 g/mol. The van der Waals surface area contributed by atoms with Crippen molar-refractivity contribution in [2.24, 2.45) is 0 Å². The zero-order chi connectivity index (χ0) is 56.2. The number of carbonyl (C=O) groups is 1. The van der Waals surface area contributed by atoms with Crippen LogP contribution in [-0.2, 0) is 38.3 Å². The van der Waals surface area contributed by atoms with Gasteiger partial charge in [-0.15, -0.1) is 11.3 Å². The average molecular weight is 1160 g/mol. The summed E-state index contributed by atoms with van der Waals surface area (Å²) in [6.45, 7) is 8.85. The lowest BCUT2D eigenvalue weighted by atomic mass is 9.92. The van der Waals surface area contributed by atoms with E-state index in [9.17, 15) is 13.8 Å². The van der Waals surface area contributed by atoms with Gasteiger partial charge in [0, 0.05) is 62.9 Å². The first-order valence-corrected chi connectivity index (χ1v) is 27.9. The van der Waals surface area contributed by atoms with Crippen LogP contribution >= 0.6 is 42.4 Å². The van der Waals surface area contributed by atoms with E-state index in [1.165, 1.54) is 29.8 Å². The van der Waals surface area contributed by atoms with Crippen LogP contribution in [0.5, 0.6) is 28.9 Å². The number of esters is 1. The van der Waals surface area contributed by atoms with Crippen LogP contribution in [0.2, 0.25) is 10.0 Å². The number of ether oxygens (including phenoxy) is 6. The smallest absolute Gasteiger partial charge is 0.469 e. The molecule has 0 spiro atoms. The number of fused-ring (bicyclic) bond motifs is 1. The first-order valence-electron chi connectivity index (χ1n) is 24.8. The van der Waals surface area contributed by atoms with Crippen molar-refractivity contribution in [2.45, 2.75) is 39.6 Å². The highest BCUT2D eigenvalue weighted by atomic mass is 35.5. The Bertz CT molecular complexity index is 3410. The largest absolute Gasteiger partial charge is 0.497 e. The molecule has 0 amide bonds. The van der Waals surface area contributed by atoms with E-state index in [-0.39, 0.29) is 31.3 Å². The van der Waals surface area contributed by atoms with E-state index in [0.717, 1.165) is 55.8 Å². The van der Waals surface area contributed by atoms with E-state index in [1.807, 2.05) is 74.5 Å². The Morgan fingerprint density at radius 1 is 0.797 bits per heavy atom. The molecule has 0 aliphatic carbocycles. The van der Waals surface area contributed by atoms with Gasteiger partial charge in [-0.2, -0.15) is 0 Å². The molecule has 5 aromatic carbocycles. The number of rotatable bonds is 20. The Balaban J connectivity index is 0.00000130. The van der Waals surface area contributed by atoms with E-state index < -0.39 is 19.9 Å². The molecule has 17 nitrogen and oxygen atoms in total. The zero-order valence-corrected chi connectivity index (χ0v) is 47.4. The van der Waals surface area contributed by atoms with Crippen LogP contribution in [0, 0.1) is 19.7 Å². The van der Waals surface area contributed by atoms with E-state index in [0.29, 0.717) is 94.8 Å². The molecule has 1 saturated heterocycles. The third-order valence-corrected chi connectivity index (χ3v) is 15.5. The fraction of sp³-hybridized carbons (Fsp3) is 0.281. The number of para-hydroxylation sites is 2. The van der Waals surface area contributed by atoms with Gasteiger partial charge in [-0.25, -0.2) is 33.7 Å². The Morgan fingerprint density at radius 3 is 2.14 bits per heavy atom. The standard InChI is InChI=1S/C56H53Cl2FN6O7S.CH5O4P/c1-34-46(35(2)50(58)51(49(34)57)69-29-28-65-26-24-64(3)25-27-65)47-48-54(61-33-62-55(48)73-52(47)37-16-18-39(59)19-17-37)72-45(56(66)71-31-36-14-20-41(67-4)21-15-36)30-38-10-6-8-12-43(38)70-32-40-22-23-60-53(63-40)42-11-7-9-13-44(42)68-5;1-5-6(2,3)4/h6-23,33,45H,24-32H2,1-5H3;1H3,(H2,2,3,4)/t45-;/m1./s1. The zero-order valence-electron chi connectivity index (χ0n) is 44.2. The monoisotopic (exact) mass is 1150 g/mol. The molecule has 3 aromatic heterocycles. The SMILES string of the molecule is COP(=O)(O)O.COc1ccc(COC(=O)[C@@H](Cc2ccccc2OCc2ccnc(-c3ccccc3OC)n2)Oc2ncnc3sc(-c4ccc(F)cc4)c(-c4c(C)c(Cl)c(OCCN5CCN(C)CC5)c(Cl)c4C)c23)cc1. The Hall–Kier alpha value is -6.77. The molecule has 1 aliphatic heterocycles. The van der Waals surface area contributed by atoms with Gasteiger partial charge in [0.2, 0.25) is 12.0 Å². The summed E-state index contributed by atoms with van der Waals surface area (Å²) in [5, 5.41) is 1.20. The molecule has 1 atom stereocenters. The van der Waals surface area contributed by atoms with Gasteiger partial charge >= 0.3 is 13.8 Å². The molecule has 0 bridgehead atoms. The van der Waals surface area contributed by atoms with Crippen molar-refractivity contribution in [3.63, 3.8) is 0 Å². The summed E-state index contributed by atoms with van der Waals surface area (Å²) < 4.78 is 64.2. The van der Waals surface area contributed by atoms with Gasteiger partial charge in [-0.1, -0.05) is 77.8 Å². The molecule has 8 aromatic rings. The minimum atomic E-state index is -4.15. The molecular formula is C57H58Cl2FN6O11PS. The topological polar surface area (TPSA) is 197 Å². The van der Waals surface area contributed by atoms with Crippen LogP contribution in [0.4, 0.5) is 4.39 Å². The maximum Gasteiger partial charge on any atom is 0.469 e. The molecule has 0 unspecified atom stereocenters. The molecule has 1 aliphatic rings. The highest BCUT2D eigenvalue weighted by Gasteiger charge is 2.31. The van der Waals surface area contributed by atoms with E-state index >= 15 is 0 Å². The second-order valence-corrected chi connectivity index (χ2v) is 21.3. The number of likely N-dealkylation sites (N-methyl/N-ethyl adjacent to an activating group) is 1. The summed E-state index contributed by atoms with van der Waals surface area (Å²) in [4.78, 5) is 54.7. The van der Waals surface area contributed by atoms with Gasteiger partial charge in [-0.05, 0) is 103 Å². The molecule has 22 heteroatoms. The highest BCUT2D eigenvalue weighted by molar-refractivity contribution is 7.46. The highest BCUT2D eigenvalue weighted by Crippen LogP contribution is 2.53. The molecule has 414 valence electrons. The number of carbonyl (C=O) groups excluding carboxylic acids is 1. The van der Waals surface area contributed by atoms with Crippen molar-refractivity contribution in [3.8, 4) is 61.8 Å². The quantitative estimate of drug-likeness (QED) is 0.0539. The van der Waals surface area contributed by atoms with Crippen LogP contribution in [-0.4, -0.2) is 119 Å². The van der Waals surface area contributed by atoms with Crippen LogP contribution in [0.3, 0.4) is 0 Å². The van der Waals surface area contributed by atoms with Crippen LogP contribution in [0.25, 0.3) is 43.2 Å². The number of thiophene rings is 1. The number of piperazine rings is 1. The minimum absolute atomic E-state index is 0.0134. The van der Waals surface area contributed by atoms with Gasteiger partial charge in [0.25, 0.3) is 0 Å². The maximum atomic E-state index is 14.6. The van der Waals surface area contributed by atoms with Crippen molar-refractivity contribution in [2.75, 3.05) is 67.7 Å². The van der Waals surface area contributed by atoms with Crippen molar-refractivity contribution in [1.29, 1.82) is 0 Å². The molecule has 0 saturated carbocycles. The van der Waals surface area contributed by atoms with E-state index in [4.69, 9.17) is 76.4 Å². The van der Waals surface area contributed by atoms with Crippen LogP contribution in [0.15, 0.2) is 116 Å². The third-order valence-electron chi connectivity index (χ3n) is 13.0. The predicted octanol–water partition coefficient (Wildman–Crippen LogP) is 11.2. The second kappa shape index (κ2) is 26.9. The third kappa shape index (κ3) is 14.7. The number of methoxy groups -OCH3 is 2. The lowest BCUT2D eigenvalue weighted by molar-refractivity contribution is -0.153. The number of nitrogens with zero attached hydrogens (tertiary/aromatic N) is 6. The average Bonchev–Trinajstić information content (AvgIpc) is 4.13. The van der Waals surface area contributed by atoms with Crippen LogP contribution in [0.1, 0.15) is 27.9 Å². The van der Waals surface area contributed by atoms with Crippen molar-refractivity contribution >= 4 is 58.5 Å². The molecule has 0 radical (unpaired) electrons. The van der Waals surface area contributed by atoms with Gasteiger partial charge in [0.05, 0.1) is 40.9 Å². The number of benzene rings is 5.